The number of nitrogens with zero attached hydrogens (tertiary/aromatic N) is 1. The van der Waals surface area contributed by atoms with Crippen LogP contribution in [0.25, 0.3) is 0 Å². The minimum Gasteiger partial charge on any atom is -0.378 e. The van der Waals surface area contributed by atoms with Crippen molar-refractivity contribution in [3.8, 4) is 0 Å². The summed E-state index contributed by atoms with van der Waals surface area (Å²) in [5.74, 6) is -0.298. The van der Waals surface area contributed by atoms with Crippen molar-refractivity contribution in [2.75, 3.05) is 31.6 Å². The Hall–Kier alpha value is -2.66. The van der Waals surface area contributed by atoms with Gasteiger partial charge in [-0.3, -0.25) is 9.59 Å². The maximum atomic E-state index is 12.8. The number of rotatable bonds is 3. The van der Waals surface area contributed by atoms with Gasteiger partial charge in [-0.05, 0) is 38.1 Å². The molecule has 1 aliphatic heterocycles. The van der Waals surface area contributed by atoms with Crippen molar-refractivity contribution < 1.29 is 14.3 Å². The number of para-hydroxylation sites is 1. The quantitative estimate of drug-likeness (QED) is 0.936. The van der Waals surface area contributed by atoms with Crippen molar-refractivity contribution in [2.45, 2.75) is 13.8 Å². The predicted octanol–water partition coefficient (Wildman–Crippen LogP) is 3.03. The molecule has 1 heterocycles. The Bertz CT molecular complexity index is 775. The molecule has 0 aliphatic carbocycles. The van der Waals surface area contributed by atoms with Gasteiger partial charge in [-0.1, -0.05) is 29.3 Å². The van der Waals surface area contributed by atoms with E-state index in [4.69, 9.17) is 4.74 Å². The van der Waals surface area contributed by atoms with Gasteiger partial charge in [0.05, 0.1) is 24.5 Å². The summed E-state index contributed by atoms with van der Waals surface area (Å²) in [5.41, 5.74) is 3.68. The van der Waals surface area contributed by atoms with Crippen LogP contribution >= 0.6 is 0 Å². The molecule has 0 saturated carbocycles. The first-order valence-electron chi connectivity index (χ1n) is 8.40. The standard InChI is InChI=1S/C20H22N2O3/c1-14-11-15(2)13-16(12-14)19(23)21-18-6-4-3-5-17(18)20(24)22-7-9-25-10-8-22/h3-6,11-13H,7-10H2,1-2H3,(H,21,23). The van der Waals surface area contributed by atoms with Crippen LogP contribution < -0.4 is 5.32 Å². The fourth-order valence-corrected chi connectivity index (χ4v) is 3.02. The van der Waals surface area contributed by atoms with E-state index in [9.17, 15) is 9.59 Å². The van der Waals surface area contributed by atoms with Gasteiger partial charge in [0.15, 0.2) is 0 Å². The molecule has 1 aliphatic rings. The monoisotopic (exact) mass is 338 g/mol. The molecule has 0 radical (unpaired) electrons. The number of hydrogen-bond acceptors (Lipinski definition) is 3. The van der Waals surface area contributed by atoms with Crippen LogP contribution in [-0.2, 0) is 4.74 Å². The number of carbonyl (C=O) groups is 2. The Labute approximate surface area is 147 Å². The van der Waals surface area contributed by atoms with Gasteiger partial charge in [-0.2, -0.15) is 0 Å². The SMILES string of the molecule is Cc1cc(C)cc(C(=O)Nc2ccccc2C(=O)N2CCOCC2)c1. The maximum Gasteiger partial charge on any atom is 0.256 e. The third-order valence-electron chi connectivity index (χ3n) is 4.19. The number of ether oxygens (including phenoxy) is 1. The highest BCUT2D eigenvalue weighted by Gasteiger charge is 2.21. The summed E-state index contributed by atoms with van der Waals surface area (Å²) in [7, 11) is 0. The summed E-state index contributed by atoms with van der Waals surface area (Å²) in [6.07, 6.45) is 0. The van der Waals surface area contributed by atoms with Crippen LogP contribution in [0.15, 0.2) is 42.5 Å². The van der Waals surface area contributed by atoms with Crippen molar-refractivity contribution in [1.29, 1.82) is 0 Å². The molecule has 2 aromatic rings. The van der Waals surface area contributed by atoms with E-state index in [1.807, 2.05) is 38.1 Å². The predicted molar refractivity (Wildman–Crippen MR) is 97.0 cm³/mol. The van der Waals surface area contributed by atoms with E-state index in [-0.39, 0.29) is 11.8 Å². The lowest BCUT2D eigenvalue weighted by atomic mass is 10.1. The number of carbonyl (C=O) groups excluding carboxylic acids is 2. The molecule has 0 spiro atoms. The lowest BCUT2D eigenvalue weighted by Gasteiger charge is -2.27. The van der Waals surface area contributed by atoms with Crippen molar-refractivity contribution in [3.05, 3.63) is 64.7 Å². The van der Waals surface area contributed by atoms with Crippen molar-refractivity contribution in [2.24, 2.45) is 0 Å². The zero-order valence-electron chi connectivity index (χ0n) is 14.5. The van der Waals surface area contributed by atoms with E-state index in [1.165, 1.54) is 0 Å². The highest BCUT2D eigenvalue weighted by atomic mass is 16.5. The van der Waals surface area contributed by atoms with E-state index in [0.29, 0.717) is 43.1 Å². The fourth-order valence-electron chi connectivity index (χ4n) is 3.02. The van der Waals surface area contributed by atoms with Gasteiger partial charge >= 0.3 is 0 Å². The zero-order chi connectivity index (χ0) is 17.8. The summed E-state index contributed by atoms with van der Waals surface area (Å²) in [4.78, 5) is 27.1. The third kappa shape index (κ3) is 4.06. The minimum absolute atomic E-state index is 0.0837. The number of hydrogen-bond donors (Lipinski definition) is 1. The van der Waals surface area contributed by atoms with E-state index in [0.717, 1.165) is 11.1 Å². The van der Waals surface area contributed by atoms with Gasteiger partial charge in [0.1, 0.15) is 0 Å². The molecular formula is C20H22N2O3. The molecule has 130 valence electrons. The number of anilines is 1. The molecule has 5 nitrogen and oxygen atoms in total. The maximum absolute atomic E-state index is 12.8. The van der Waals surface area contributed by atoms with Gasteiger partial charge in [0.25, 0.3) is 11.8 Å². The Morgan fingerprint density at radius 3 is 2.32 bits per heavy atom. The van der Waals surface area contributed by atoms with Gasteiger partial charge in [-0.25, -0.2) is 0 Å². The normalized spacial score (nSPS) is 14.2. The van der Waals surface area contributed by atoms with Gasteiger partial charge in [0.2, 0.25) is 0 Å². The summed E-state index contributed by atoms with van der Waals surface area (Å²) in [6, 6.07) is 12.8. The molecule has 0 aromatic heterocycles. The summed E-state index contributed by atoms with van der Waals surface area (Å²) in [6.45, 7) is 6.14. The Balaban J connectivity index is 1.83. The third-order valence-corrected chi connectivity index (χ3v) is 4.19. The van der Waals surface area contributed by atoms with Crippen LogP contribution in [0.4, 0.5) is 5.69 Å². The molecule has 0 atom stereocenters. The molecule has 3 rings (SSSR count). The second-order valence-electron chi connectivity index (χ2n) is 6.28. The molecule has 25 heavy (non-hydrogen) atoms. The highest BCUT2D eigenvalue weighted by molar-refractivity contribution is 6.09. The molecule has 1 N–H and O–H groups in total. The number of amides is 2. The molecule has 0 bridgehead atoms. The molecule has 5 heteroatoms. The van der Waals surface area contributed by atoms with Crippen molar-refractivity contribution >= 4 is 17.5 Å². The number of benzene rings is 2. The van der Waals surface area contributed by atoms with Crippen molar-refractivity contribution in [1.82, 2.24) is 4.90 Å². The molecule has 0 unspecified atom stereocenters. The summed E-state index contributed by atoms with van der Waals surface area (Å²) >= 11 is 0. The van der Waals surface area contributed by atoms with Crippen molar-refractivity contribution in [3.63, 3.8) is 0 Å². The summed E-state index contributed by atoms with van der Waals surface area (Å²) in [5, 5.41) is 2.88. The highest BCUT2D eigenvalue weighted by Crippen LogP contribution is 2.20. The van der Waals surface area contributed by atoms with Crippen LogP contribution in [0.3, 0.4) is 0 Å². The Morgan fingerprint density at radius 1 is 1.00 bits per heavy atom. The van der Waals surface area contributed by atoms with E-state index in [2.05, 4.69) is 5.32 Å². The summed E-state index contributed by atoms with van der Waals surface area (Å²) < 4.78 is 5.30. The first-order valence-corrected chi connectivity index (χ1v) is 8.40. The fraction of sp³-hybridized carbons (Fsp3) is 0.300. The van der Waals surface area contributed by atoms with Gasteiger partial charge < -0.3 is 15.0 Å². The number of nitrogens with one attached hydrogen (secondary N) is 1. The van der Waals surface area contributed by atoms with Gasteiger partial charge in [-0.15, -0.1) is 0 Å². The van der Waals surface area contributed by atoms with Crippen LogP contribution in [-0.4, -0.2) is 43.0 Å². The van der Waals surface area contributed by atoms with Gasteiger partial charge in [0, 0.05) is 18.7 Å². The van der Waals surface area contributed by atoms with E-state index >= 15 is 0 Å². The average Bonchev–Trinajstić information content (AvgIpc) is 2.61. The second-order valence-corrected chi connectivity index (χ2v) is 6.28. The lowest BCUT2D eigenvalue weighted by Crippen LogP contribution is -2.41. The first-order chi connectivity index (χ1) is 12.0. The van der Waals surface area contributed by atoms with Crippen LogP contribution in [0.5, 0.6) is 0 Å². The largest absolute Gasteiger partial charge is 0.378 e. The molecule has 2 amide bonds. The van der Waals surface area contributed by atoms with Crippen LogP contribution in [0.2, 0.25) is 0 Å². The zero-order valence-corrected chi connectivity index (χ0v) is 14.5. The Kier molecular flexibility index (Phi) is 5.14. The second kappa shape index (κ2) is 7.49. The first kappa shape index (κ1) is 17.2. The van der Waals surface area contributed by atoms with E-state index in [1.54, 1.807) is 23.1 Å². The minimum atomic E-state index is -0.214. The average molecular weight is 338 g/mol. The smallest absolute Gasteiger partial charge is 0.256 e. The molecule has 1 saturated heterocycles. The molecule has 2 aromatic carbocycles. The van der Waals surface area contributed by atoms with Crippen LogP contribution in [0.1, 0.15) is 31.8 Å². The molecular weight excluding hydrogens is 316 g/mol. The number of morpholine rings is 1. The van der Waals surface area contributed by atoms with E-state index < -0.39 is 0 Å². The lowest BCUT2D eigenvalue weighted by molar-refractivity contribution is 0.0303. The molecule has 1 fully saturated rings. The topological polar surface area (TPSA) is 58.6 Å². The van der Waals surface area contributed by atoms with Crippen LogP contribution in [0, 0.1) is 13.8 Å². The Morgan fingerprint density at radius 2 is 1.64 bits per heavy atom. The number of aryl methyl sites for hydroxylation is 2.